The van der Waals surface area contributed by atoms with Crippen molar-refractivity contribution in [3.8, 4) is 5.75 Å². The van der Waals surface area contributed by atoms with Gasteiger partial charge in [0, 0.05) is 13.1 Å². The molecule has 7 nitrogen and oxygen atoms in total. The molecule has 1 aromatic carbocycles. The summed E-state index contributed by atoms with van der Waals surface area (Å²) in [4.78, 5) is 17.9. The van der Waals surface area contributed by atoms with E-state index in [-0.39, 0.29) is 42.9 Å². The zero-order valence-electron chi connectivity index (χ0n) is 15.0. The fourth-order valence-electron chi connectivity index (χ4n) is 2.70. The molecular formula is C17H29Cl2N5O2. The summed E-state index contributed by atoms with van der Waals surface area (Å²) >= 11 is 0. The third-order valence-corrected chi connectivity index (χ3v) is 3.90. The Kier molecular flexibility index (Phi) is 11.8. The van der Waals surface area contributed by atoms with Gasteiger partial charge in [0.15, 0.2) is 5.96 Å². The molecule has 148 valence electrons. The number of halogens is 2. The monoisotopic (exact) mass is 405 g/mol. The van der Waals surface area contributed by atoms with Gasteiger partial charge in [0.05, 0.1) is 6.54 Å². The molecule has 9 heteroatoms. The molecule has 1 heterocycles. The van der Waals surface area contributed by atoms with Gasteiger partial charge in [-0.15, -0.1) is 24.8 Å². The number of hydrogen-bond donors (Lipinski definition) is 3. The molecule has 0 saturated heterocycles. The maximum Gasteiger partial charge on any atom is 0.346 e. The predicted octanol–water partition coefficient (Wildman–Crippen LogP) is 1.92. The van der Waals surface area contributed by atoms with Crippen LogP contribution in [0.3, 0.4) is 0 Å². The van der Waals surface area contributed by atoms with E-state index in [0.717, 1.165) is 18.6 Å². The quantitative estimate of drug-likeness (QED) is 0.494. The first-order valence-electron chi connectivity index (χ1n) is 8.45. The first-order chi connectivity index (χ1) is 11.6. The number of aliphatic imine (C=N–C) groups is 1. The van der Waals surface area contributed by atoms with Gasteiger partial charge in [-0.3, -0.25) is 0 Å². The van der Waals surface area contributed by atoms with Gasteiger partial charge in [-0.2, -0.15) is 4.99 Å². The number of guanidine groups is 1. The van der Waals surface area contributed by atoms with Crippen LogP contribution in [-0.2, 0) is 6.42 Å². The van der Waals surface area contributed by atoms with E-state index in [1.54, 1.807) is 4.90 Å². The van der Waals surface area contributed by atoms with E-state index in [1.807, 2.05) is 25.1 Å². The molecule has 0 radical (unpaired) electrons. The summed E-state index contributed by atoms with van der Waals surface area (Å²) in [6.07, 6.45) is 2.49. The van der Waals surface area contributed by atoms with Gasteiger partial charge in [-0.05, 0) is 44.4 Å². The van der Waals surface area contributed by atoms with E-state index < -0.39 is 0 Å². The number of nitrogens with zero attached hydrogens (tertiary/aromatic N) is 2. The molecule has 0 saturated carbocycles. The standard InChI is InChI=1S/C17H27N5O2.2ClH/c1-2-20-16(19)21-17(23)22(11-5-10-18)12-14-9-8-13-6-3-4-7-15(13)24-14;;/h3-4,6-7,14H,2,5,8-12,18H2,1H3,(H3,19,20,21,23);2*1H. The van der Waals surface area contributed by atoms with Crippen LogP contribution < -0.4 is 21.5 Å². The van der Waals surface area contributed by atoms with E-state index in [1.165, 1.54) is 5.56 Å². The SMILES string of the molecule is CCNC(N)=NC(=O)N(CCCN)CC1CCc2ccccc2O1.Cl.Cl. The Morgan fingerprint density at radius 3 is 2.81 bits per heavy atom. The van der Waals surface area contributed by atoms with Crippen LogP contribution in [0.25, 0.3) is 0 Å². The van der Waals surface area contributed by atoms with Crippen LogP contribution in [0.1, 0.15) is 25.3 Å². The maximum absolute atomic E-state index is 12.4. The maximum atomic E-state index is 12.4. The molecule has 26 heavy (non-hydrogen) atoms. The van der Waals surface area contributed by atoms with Crippen molar-refractivity contribution in [1.82, 2.24) is 10.2 Å². The van der Waals surface area contributed by atoms with E-state index in [9.17, 15) is 4.79 Å². The third kappa shape index (κ3) is 7.27. The number of urea groups is 1. The van der Waals surface area contributed by atoms with Crippen LogP contribution in [0.5, 0.6) is 5.75 Å². The first-order valence-corrected chi connectivity index (χ1v) is 8.45. The molecule has 1 aromatic rings. The summed E-state index contributed by atoms with van der Waals surface area (Å²) in [6.45, 7) is 4.06. The van der Waals surface area contributed by atoms with Crippen LogP contribution in [0.2, 0.25) is 0 Å². The van der Waals surface area contributed by atoms with Crippen molar-refractivity contribution in [2.45, 2.75) is 32.3 Å². The largest absolute Gasteiger partial charge is 0.488 e. The van der Waals surface area contributed by atoms with Crippen LogP contribution in [0, 0.1) is 0 Å². The van der Waals surface area contributed by atoms with E-state index >= 15 is 0 Å². The Hall–Kier alpha value is -1.70. The van der Waals surface area contributed by atoms with E-state index in [2.05, 4.69) is 16.4 Å². The molecule has 1 aliphatic heterocycles. The van der Waals surface area contributed by atoms with Gasteiger partial charge in [0.2, 0.25) is 0 Å². The highest BCUT2D eigenvalue weighted by molar-refractivity contribution is 5.91. The number of para-hydroxylation sites is 1. The van der Waals surface area contributed by atoms with Crippen molar-refractivity contribution in [3.63, 3.8) is 0 Å². The minimum atomic E-state index is -0.357. The second kappa shape index (κ2) is 12.6. The molecule has 1 unspecified atom stereocenters. The predicted molar refractivity (Wildman–Crippen MR) is 110 cm³/mol. The molecule has 2 rings (SSSR count). The number of carbonyl (C=O) groups excluding carboxylic acids is 1. The number of carbonyl (C=O) groups is 1. The van der Waals surface area contributed by atoms with Crippen molar-refractivity contribution in [2.24, 2.45) is 16.5 Å². The number of aryl methyl sites for hydroxylation is 1. The average Bonchev–Trinajstić information content (AvgIpc) is 2.58. The van der Waals surface area contributed by atoms with Crippen molar-refractivity contribution in [3.05, 3.63) is 29.8 Å². The molecule has 1 aliphatic rings. The number of amides is 2. The highest BCUT2D eigenvalue weighted by atomic mass is 35.5. The Labute approximate surface area is 167 Å². The number of nitrogens with two attached hydrogens (primary N) is 2. The van der Waals surface area contributed by atoms with E-state index in [4.69, 9.17) is 16.2 Å². The highest BCUT2D eigenvalue weighted by Gasteiger charge is 2.24. The summed E-state index contributed by atoms with van der Waals surface area (Å²) in [5.74, 6) is 1.03. The van der Waals surface area contributed by atoms with Gasteiger partial charge >= 0.3 is 6.03 Å². The lowest BCUT2D eigenvalue weighted by atomic mass is 10.0. The number of benzene rings is 1. The number of fused-ring (bicyclic) bond motifs is 1. The fourth-order valence-corrected chi connectivity index (χ4v) is 2.70. The van der Waals surface area contributed by atoms with Gasteiger partial charge < -0.3 is 26.4 Å². The summed E-state index contributed by atoms with van der Waals surface area (Å²) < 4.78 is 6.02. The molecular weight excluding hydrogens is 377 g/mol. The lowest BCUT2D eigenvalue weighted by Gasteiger charge is -2.30. The Bertz CT molecular complexity index is 586. The first kappa shape index (κ1) is 24.3. The minimum Gasteiger partial charge on any atom is -0.488 e. The van der Waals surface area contributed by atoms with Crippen molar-refractivity contribution < 1.29 is 9.53 Å². The van der Waals surface area contributed by atoms with Gasteiger partial charge in [0.25, 0.3) is 0 Å². The molecule has 0 aliphatic carbocycles. The summed E-state index contributed by atoms with van der Waals surface area (Å²) in [6, 6.07) is 7.65. The smallest absolute Gasteiger partial charge is 0.346 e. The van der Waals surface area contributed by atoms with Crippen molar-refractivity contribution >= 4 is 36.8 Å². The number of nitrogens with one attached hydrogen (secondary N) is 1. The summed E-state index contributed by atoms with van der Waals surface area (Å²) in [5, 5.41) is 2.83. The van der Waals surface area contributed by atoms with Crippen molar-refractivity contribution in [2.75, 3.05) is 26.2 Å². The Morgan fingerprint density at radius 2 is 2.12 bits per heavy atom. The number of ether oxygens (including phenoxy) is 1. The molecule has 0 bridgehead atoms. The number of rotatable bonds is 6. The van der Waals surface area contributed by atoms with Crippen LogP contribution in [0.15, 0.2) is 29.3 Å². The summed E-state index contributed by atoms with van der Waals surface area (Å²) in [7, 11) is 0. The fraction of sp³-hybridized carbons (Fsp3) is 0.529. The Morgan fingerprint density at radius 1 is 1.38 bits per heavy atom. The minimum absolute atomic E-state index is 0. The second-order valence-corrected chi connectivity index (χ2v) is 5.78. The van der Waals surface area contributed by atoms with Crippen LogP contribution >= 0.6 is 24.8 Å². The second-order valence-electron chi connectivity index (χ2n) is 5.78. The lowest BCUT2D eigenvalue weighted by Crippen LogP contribution is -2.42. The van der Waals surface area contributed by atoms with Gasteiger partial charge in [-0.1, -0.05) is 18.2 Å². The topological polar surface area (TPSA) is 106 Å². The normalized spacial score (nSPS) is 15.6. The zero-order valence-corrected chi connectivity index (χ0v) is 16.7. The average molecular weight is 406 g/mol. The van der Waals surface area contributed by atoms with Gasteiger partial charge in [0.1, 0.15) is 11.9 Å². The number of hydrogen-bond acceptors (Lipinski definition) is 3. The third-order valence-electron chi connectivity index (χ3n) is 3.90. The van der Waals surface area contributed by atoms with E-state index in [0.29, 0.717) is 32.6 Å². The lowest BCUT2D eigenvalue weighted by molar-refractivity contribution is 0.124. The Balaban J connectivity index is 0.00000312. The molecule has 1 atom stereocenters. The molecule has 0 aromatic heterocycles. The van der Waals surface area contributed by atoms with Crippen LogP contribution in [-0.4, -0.2) is 49.2 Å². The molecule has 2 amide bonds. The molecule has 5 N–H and O–H groups in total. The van der Waals surface area contributed by atoms with Crippen LogP contribution in [0.4, 0.5) is 4.79 Å². The van der Waals surface area contributed by atoms with Crippen molar-refractivity contribution in [1.29, 1.82) is 0 Å². The van der Waals surface area contributed by atoms with Gasteiger partial charge in [-0.25, -0.2) is 4.79 Å². The zero-order chi connectivity index (χ0) is 17.4. The summed E-state index contributed by atoms with van der Waals surface area (Å²) in [5.41, 5.74) is 12.5. The molecule has 0 spiro atoms. The highest BCUT2D eigenvalue weighted by Crippen LogP contribution is 2.27. The molecule has 0 fully saturated rings.